The van der Waals surface area contributed by atoms with Gasteiger partial charge in [-0.1, -0.05) is 18.9 Å². The van der Waals surface area contributed by atoms with Gasteiger partial charge in [0, 0.05) is 30.3 Å². The van der Waals surface area contributed by atoms with Crippen molar-refractivity contribution in [3.8, 4) is 6.07 Å². The maximum atomic E-state index is 9.35. The van der Waals surface area contributed by atoms with Crippen LogP contribution in [0.1, 0.15) is 56.1 Å². The number of hydrogen-bond acceptors (Lipinski definition) is 3. The quantitative estimate of drug-likeness (QED) is 0.819. The molecule has 1 aliphatic heterocycles. The molecule has 19 heavy (non-hydrogen) atoms. The van der Waals surface area contributed by atoms with Crippen LogP contribution in [0.25, 0.3) is 0 Å². The van der Waals surface area contributed by atoms with Gasteiger partial charge in [0.25, 0.3) is 0 Å². The van der Waals surface area contributed by atoms with Gasteiger partial charge in [0.05, 0.1) is 17.2 Å². The van der Waals surface area contributed by atoms with E-state index in [0.717, 1.165) is 25.7 Å². The maximum absolute atomic E-state index is 9.35. The number of aromatic nitrogens is 1. The topological polar surface area (TPSA) is 45.9 Å². The van der Waals surface area contributed by atoms with Gasteiger partial charge in [-0.15, -0.1) is 0 Å². The Balaban J connectivity index is 2.10. The zero-order chi connectivity index (χ0) is 16.7. The van der Waals surface area contributed by atoms with E-state index in [-0.39, 0.29) is 36.3 Å². The second-order valence-corrected chi connectivity index (χ2v) is 5.73. The summed E-state index contributed by atoms with van der Waals surface area (Å²) in [4.78, 5) is 4.17. The van der Waals surface area contributed by atoms with Gasteiger partial charge in [-0.3, -0.25) is 4.98 Å². The Kier molecular flexibility index (Phi) is 2.26. The van der Waals surface area contributed by atoms with Crippen LogP contribution >= 0.6 is 0 Å². The predicted octanol–water partition coefficient (Wildman–Crippen LogP) is 3.36. The molecule has 100 valence electrons. The summed E-state index contributed by atoms with van der Waals surface area (Å²) in [5.74, 6) is 0. The molecule has 1 aromatic rings. The molecule has 0 bridgehead atoms. The fourth-order valence-corrected chi connectivity index (χ4v) is 3.63. The fourth-order valence-electron chi connectivity index (χ4n) is 3.63. The first-order valence-electron chi connectivity index (χ1n) is 8.89. The fraction of sp³-hybridized carbons (Fsp3) is 0.625. The van der Waals surface area contributed by atoms with Crippen molar-refractivity contribution in [3.05, 3.63) is 30.0 Å². The van der Waals surface area contributed by atoms with Crippen molar-refractivity contribution in [1.82, 2.24) is 4.98 Å². The lowest BCUT2D eigenvalue weighted by Gasteiger charge is -2.45. The van der Waals surface area contributed by atoms with Gasteiger partial charge >= 0.3 is 0 Å². The van der Waals surface area contributed by atoms with E-state index in [4.69, 9.17) is 10.2 Å². The molecule has 1 aliphatic carbocycles. The van der Waals surface area contributed by atoms with Gasteiger partial charge in [0.2, 0.25) is 0 Å². The van der Waals surface area contributed by atoms with E-state index in [2.05, 4.69) is 11.1 Å². The standard InChI is InChI=1S/C16H20N2O/c17-10-8-15(14-5-1-4-11-18-14)9-12-19-16(13-15)6-2-3-7-16/h1,4-5,11H,2-3,6-9,12-13H2/t15-/m1/s1/i1D,4D,5D,11D. The van der Waals surface area contributed by atoms with E-state index in [0.29, 0.717) is 25.1 Å². The summed E-state index contributed by atoms with van der Waals surface area (Å²) in [6, 6.07) is 1.50. The molecule has 1 saturated heterocycles. The highest BCUT2D eigenvalue weighted by molar-refractivity contribution is 5.22. The van der Waals surface area contributed by atoms with Crippen LogP contribution < -0.4 is 0 Å². The van der Waals surface area contributed by atoms with Crippen LogP contribution in [0.4, 0.5) is 0 Å². The number of nitriles is 1. The van der Waals surface area contributed by atoms with E-state index < -0.39 is 5.41 Å². The van der Waals surface area contributed by atoms with Crippen LogP contribution in [0.2, 0.25) is 0 Å². The van der Waals surface area contributed by atoms with E-state index >= 15 is 0 Å². The molecule has 0 unspecified atom stereocenters. The summed E-state index contributed by atoms with van der Waals surface area (Å²) in [5.41, 5.74) is -0.569. The Morgan fingerprint density at radius 3 is 3.00 bits per heavy atom. The normalized spacial score (nSPS) is 32.2. The molecule has 0 aromatic carbocycles. The smallest absolute Gasteiger partial charge is 0.0840 e. The molecule has 3 nitrogen and oxygen atoms in total. The SMILES string of the molecule is [2H]c1nc([C@]2(CC#N)CCOC3(CCCC3)C2)c([2H])c([2H])c1[2H]. The third kappa shape index (κ3) is 2.26. The molecule has 2 heterocycles. The Hall–Kier alpha value is -1.40. The van der Waals surface area contributed by atoms with Gasteiger partial charge in [-0.25, -0.2) is 0 Å². The number of hydrogen-bond donors (Lipinski definition) is 0. The second kappa shape index (κ2) is 4.94. The van der Waals surface area contributed by atoms with Crippen LogP contribution in [-0.4, -0.2) is 17.2 Å². The molecule has 1 aromatic heterocycles. The number of nitrogens with zero attached hydrogens (tertiary/aromatic N) is 2. The molecule has 2 fully saturated rings. The van der Waals surface area contributed by atoms with Gasteiger partial charge < -0.3 is 4.74 Å². The van der Waals surface area contributed by atoms with Crippen molar-refractivity contribution < 1.29 is 10.2 Å². The summed E-state index contributed by atoms with van der Waals surface area (Å²) in [6.45, 7) is 0.506. The van der Waals surface area contributed by atoms with Gasteiger partial charge in [-0.05, 0) is 37.8 Å². The summed E-state index contributed by atoms with van der Waals surface area (Å²) in [7, 11) is 0. The first-order chi connectivity index (χ1) is 10.9. The Morgan fingerprint density at radius 1 is 1.37 bits per heavy atom. The molecule has 2 aliphatic rings. The highest BCUT2D eigenvalue weighted by Crippen LogP contribution is 2.49. The monoisotopic (exact) mass is 260 g/mol. The first-order valence-corrected chi connectivity index (χ1v) is 6.89. The minimum atomic E-state index is -0.645. The molecule has 1 spiro atoms. The van der Waals surface area contributed by atoms with Crippen LogP contribution in [0.3, 0.4) is 0 Å². The highest BCUT2D eigenvalue weighted by atomic mass is 16.5. The van der Waals surface area contributed by atoms with Crippen LogP contribution in [0.15, 0.2) is 24.3 Å². The van der Waals surface area contributed by atoms with Crippen LogP contribution in [0, 0.1) is 11.3 Å². The molecule has 3 heteroatoms. The molecule has 0 radical (unpaired) electrons. The van der Waals surface area contributed by atoms with Crippen molar-refractivity contribution in [3.63, 3.8) is 0 Å². The second-order valence-electron chi connectivity index (χ2n) is 5.73. The summed E-state index contributed by atoms with van der Waals surface area (Å²) < 4.78 is 37.7. The molecule has 0 amide bonds. The van der Waals surface area contributed by atoms with Crippen molar-refractivity contribution in [1.29, 1.82) is 5.26 Å². The summed E-state index contributed by atoms with van der Waals surface area (Å²) in [6.07, 6.45) is 5.20. The van der Waals surface area contributed by atoms with Crippen LogP contribution in [0.5, 0.6) is 0 Å². The minimum Gasteiger partial charge on any atom is -0.375 e. The van der Waals surface area contributed by atoms with Gasteiger partial charge in [0.1, 0.15) is 0 Å². The largest absolute Gasteiger partial charge is 0.375 e. The minimum absolute atomic E-state index is 0.115. The van der Waals surface area contributed by atoms with Crippen molar-refractivity contribution in [2.75, 3.05) is 6.61 Å². The number of ether oxygens (including phenoxy) is 1. The number of rotatable bonds is 2. The highest BCUT2D eigenvalue weighted by Gasteiger charge is 2.48. The first kappa shape index (κ1) is 8.71. The predicted molar refractivity (Wildman–Crippen MR) is 72.5 cm³/mol. The third-order valence-electron chi connectivity index (χ3n) is 4.55. The van der Waals surface area contributed by atoms with Crippen LogP contribution in [-0.2, 0) is 10.2 Å². The van der Waals surface area contributed by atoms with Gasteiger partial charge in [-0.2, -0.15) is 5.26 Å². The average Bonchev–Trinajstić information content (AvgIpc) is 2.96. The van der Waals surface area contributed by atoms with E-state index in [1.54, 1.807) is 0 Å². The molecule has 1 atom stereocenters. The lowest BCUT2D eigenvalue weighted by molar-refractivity contribution is -0.102. The van der Waals surface area contributed by atoms with Crippen molar-refractivity contribution in [2.45, 2.75) is 56.0 Å². The summed E-state index contributed by atoms with van der Waals surface area (Å²) in [5, 5.41) is 9.35. The Morgan fingerprint density at radius 2 is 2.21 bits per heavy atom. The zero-order valence-electron chi connectivity index (χ0n) is 15.0. The maximum Gasteiger partial charge on any atom is 0.0840 e. The zero-order valence-corrected chi connectivity index (χ0v) is 11.0. The van der Waals surface area contributed by atoms with Gasteiger partial charge in [0.15, 0.2) is 0 Å². The van der Waals surface area contributed by atoms with E-state index in [1.807, 2.05) is 0 Å². The molecular formula is C16H20N2O. The average molecular weight is 260 g/mol. The third-order valence-corrected chi connectivity index (χ3v) is 4.55. The molecule has 3 rings (SSSR count). The van der Waals surface area contributed by atoms with Crippen molar-refractivity contribution in [2.24, 2.45) is 0 Å². The summed E-state index contributed by atoms with van der Waals surface area (Å²) >= 11 is 0. The Labute approximate surface area is 120 Å². The number of pyridine rings is 1. The lowest BCUT2D eigenvalue weighted by Crippen LogP contribution is -2.46. The molecule has 0 N–H and O–H groups in total. The van der Waals surface area contributed by atoms with Crippen molar-refractivity contribution >= 4 is 0 Å². The lowest BCUT2D eigenvalue weighted by atomic mass is 9.68. The Bertz CT molecular complexity index is 667. The molecular weight excluding hydrogens is 236 g/mol. The van der Waals surface area contributed by atoms with E-state index in [9.17, 15) is 5.26 Å². The molecule has 1 saturated carbocycles. The van der Waals surface area contributed by atoms with E-state index in [1.165, 1.54) is 0 Å².